The number of furan rings is 1. The lowest BCUT2D eigenvalue weighted by atomic mass is 10.2. The summed E-state index contributed by atoms with van der Waals surface area (Å²) in [4.78, 5) is 19.9. The molecule has 11 heteroatoms. The highest BCUT2D eigenvalue weighted by atomic mass is 19.4. The number of nitrogens with zero attached hydrogens (tertiary/aromatic N) is 4. The minimum atomic E-state index is -4.44. The van der Waals surface area contributed by atoms with Gasteiger partial charge in [0.2, 0.25) is 5.76 Å². The monoisotopic (exact) mass is 435 g/mol. The Morgan fingerprint density at radius 3 is 2.65 bits per heavy atom. The van der Waals surface area contributed by atoms with Gasteiger partial charge in [-0.25, -0.2) is 4.98 Å². The van der Waals surface area contributed by atoms with Crippen LogP contribution in [0, 0.1) is 0 Å². The van der Waals surface area contributed by atoms with Gasteiger partial charge in [0.1, 0.15) is 5.82 Å². The quantitative estimate of drug-likeness (QED) is 0.637. The zero-order valence-electron chi connectivity index (χ0n) is 16.4. The molecule has 1 amide bonds. The molecule has 8 nitrogen and oxygen atoms in total. The first-order chi connectivity index (χ1) is 14.9. The normalized spacial score (nSPS) is 15.3. The molecule has 1 aliphatic rings. The molecule has 4 heterocycles. The molecule has 0 spiro atoms. The van der Waals surface area contributed by atoms with Gasteiger partial charge in [0.25, 0.3) is 5.91 Å². The first-order valence-electron chi connectivity index (χ1n) is 9.70. The Balaban J connectivity index is 1.25. The molecule has 0 saturated carbocycles. The Morgan fingerprint density at radius 1 is 1.13 bits per heavy atom. The van der Waals surface area contributed by atoms with E-state index in [4.69, 9.17) is 8.94 Å². The molecule has 1 N–H and O–H groups in total. The van der Waals surface area contributed by atoms with Gasteiger partial charge in [0, 0.05) is 51.5 Å². The van der Waals surface area contributed by atoms with E-state index in [1.54, 1.807) is 17.0 Å². The summed E-state index contributed by atoms with van der Waals surface area (Å²) in [5.41, 5.74) is -0.580. The summed E-state index contributed by atoms with van der Waals surface area (Å²) in [7, 11) is 0. The molecular formula is C20H20F3N5O3. The summed E-state index contributed by atoms with van der Waals surface area (Å²) in [5, 5.41) is 6.51. The van der Waals surface area contributed by atoms with Crippen LogP contribution in [-0.2, 0) is 6.18 Å². The van der Waals surface area contributed by atoms with Gasteiger partial charge in [-0.05, 0) is 24.3 Å². The van der Waals surface area contributed by atoms with Crippen LogP contribution in [0.15, 0.2) is 51.7 Å². The molecule has 3 aromatic heterocycles. The van der Waals surface area contributed by atoms with Crippen molar-refractivity contribution in [1.29, 1.82) is 0 Å². The van der Waals surface area contributed by atoms with Crippen LogP contribution in [0.4, 0.5) is 19.0 Å². The molecule has 1 saturated heterocycles. The van der Waals surface area contributed by atoms with Crippen LogP contribution in [0.2, 0.25) is 0 Å². The lowest BCUT2D eigenvalue weighted by molar-refractivity contribution is -0.137. The zero-order chi connectivity index (χ0) is 21.8. The number of halogens is 3. The molecule has 1 fully saturated rings. The lowest BCUT2D eigenvalue weighted by Gasteiger charge is -2.36. The number of piperazine rings is 1. The molecule has 0 unspecified atom stereocenters. The van der Waals surface area contributed by atoms with Crippen molar-refractivity contribution in [2.24, 2.45) is 0 Å². The van der Waals surface area contributed by atoms with Crippen LogP contribution in [0.3, 0.4) is 0 Å². The number of amides is 1. The summed E-state index contributed by atoms with van der Waals surface area (Å²) in [6, 6.07) is 7.24. The average Bonchev–Trinajstić information content (AvgIpc) is 3.45. The smallest absolute Gasteiger partial charge is 0.419 e. The van der Waals surface area contributed by atoms with Crippen LogP contribution in [0.1, 0.15) is 16.1 Å². The van der Waals surface area contributed by atoms with Crippen molar-refractivity contribution in [3.05, 3.63) is 54.0 Å². The van der Waals surface area contributed by atoms with E-state index in [9.17, 15) is 18.0 Å². The number of alkyl halides is 3. The Bertz CT molecular complexity index is 1010. The summed E-state index contributed by atoms with van der Waals surface area (Å²) in [6.07, 6.45) is -1.58. The van der Waals surface area contributed by atoms with Crippen LogP contribution >= 0.6 is 0 Å². The highest BCUT2D eigenvalue weighted by molar-refractivity contribution is 5.92. The van der Waals surface area contributed by atoms with Gasteiger partial charge in [-0.2, -0.15) is 13.2 Å². The standard InChI is InChI=1S/C20H20F3N5O3/c21-20(22,23)14-3-1-5-24-18(14)28-10-8-27(9-11-28)7-6-25-19(29)15-13-17(31-26-15)16-4-2-12-30-16/h1-5,12-13H,6-11H2,(H,25,29). The fourth-order valence-electron chi connectivity index (χ4n) is 3.39. The topological polar surface area (TPSA) is 87.6 Å². The van der Waals surface area contributed by atoms with Crippen molar-refractivity contribution >= 4 is 11.7 Å². The van der Waals surface area contributed by atoms with E-state index in [1.165, 1.54) is 24.6 Å². The summed E-state index contributed by atoms with van der Waals surface area (Å²) in [5.74, 6) is 0.426. The van der Waals surface area contributed by atoms with Gasteiger partial charge in [0.15, 0.2) is 11.5 Å². The number of hydrogen-bond donors (Lipinski definition) is 1. The molecule has 0 bridgehead atoms. The van der Waals surface area contributed by atoms with E-state index < -0.39 is 11.7 Å². The number of anilines is 1. The number of carbonyl (C=O) groups is 1. The van der Waals surface area contributed by atoms with Gasteiger partial charge in [-0.1, -0.05) is 5.16 Å². The number of aromatic nitrogens is 2. The molecule has 3 aromatic rings. The number of nitrogens with one attached hydrogen (secondary N) is 1. The van der Waals surface area contributed by atoms with Crippen molar-refractivity contribution in [2.45, 2.75) is 6.18 Å². The van der Waals surface area contributed by atoms with E-state index in [2.05, 4.69) is 20.4 Å². The van der Waals surface area contributed by atoms with Gasteiger partial charge >= 0.3 is 6.18 Å². The van der Waals surface area contributed by atoms with Crippen molar-refractivity contribution in [2.75, 3.05) is 44.2 Å². The molecular weight excluding hydrogens is 415 g/mol. The second-order valence-electron chi connectivity index (χ2n) is 7.01. The molecule has 31 heavy (non-hydrogen) atoms. The number of rotatable bonds is 6. The summed E-state index contributed by atoms with van der Waals surface area (Å²) >= 11 is 0. The Hall–Kier alpha value is -3.34. The summed E-state index contributed by atoms with van der Waals surface area (Å²) < 4.78 is 49.9. The third-order valence-electron chi connectivity index (χ3n) is 4.98. The van der Waals surface area contributed by atoms with E-state index in [1.807, 2.05) is 0 Å². The van der Waals surface area contributed by atoms with Crippen molar-refractivity contribution < 1.29 is 26.9 Å². The third-order valence-corrected chi connectivity index (χ3v) is 4.98. The highest BCUT2D eigenvalue weighted by Crippen LogP contribution is 2.35. The van der Waals surface area contributed by atoms with Gasteiger partial charge < -0.3 is 19.2 Å². The van der Waals surface area contributed by atoms with E-state index >= 15 is 0 Å². The van der Waals surface area contributed by atoms with Crippen molar-refractivity contribution in [3.63, 3.8) is 0 Å². The Morgan fingerprint density at radius 2 is 1.94 bits per heavy atom. The number of pyridine rings is 1. The van der Waals surface area contributed by atoms with Crippen LogP contribution in [0.5, 0.6) is 0 Å². The van der Waals surface area contributed by atoms with Crippen molar-refractivity contribution in [3.8, 4) is 11.5 Å². The van der Waals surface area contributed by atoms with E-state index in [0.29, 0.717) is 50.8 Å². The predicted molar refractivity (Wildman–Crippen MR) is 104 cm³/mol. The maximum Gasteiger partial charge on any atom is 0.419 e. The van der Waals surface area contributed by atoms with Gasteiger partial charge in [-0.15, -0.1) is 0 Å². The molecule has 164 valence electrons. The summed E-state index contributed by atoms with van der Waals surface area (Å²) in [6.45, 7) is 2.91. The molecule has 0 radical (unpaired) electrons. The molecule has 4 rings (SSSR count). The number of hydrogen-bond acceptors (Lipinski definition) is 7. The van der Waals surface area contributed by atoms with E-state index in [-0.39, 0.29) is 17.4 Å². The largest absolute Gasteiger partial charge is 0.461 e. The predicted octanol–water partition coefficient (Wildman–Crippen LogP) is 2.90. The fourth-order valence-corrected chi connectivity index (χ4v) is 3.39. The van der Waals surface area contributed by atoms with E-state index in [0.717, 1.165) is 6.07 Å². The molecule has 0 aromatic carbocycles. The second-order valence-corrected chi connectivity index (χ2v) is 7.01. The van der Waals surface area contributed by atoms with Crippen molar-refractivity contribution in [1.82, 2.24) is 20.4 Å². The molecule has 0 aliphatic carbocycles. The lowest BCUT2D eigenvalue weighted by Crippen LogP contribution is -2.49. The SMILES string of the molecule is O=C(NCCN1CCN(c2ncccc2C(F)(F)F)CC1)c1cc(-c2ccco2)on1. The van der Waals surface area contributed by atoms with Crippen LogP contribution < -0.4 is 10.2 Å². The minimum absolute atomic E-state index is 0.0404. The average molecular weight is 435 g/mol. The Labute approximate surface area is 175 Å². The van der Waals surface area contributed by atoms with Gasteiger partial charge in [0.05, 0.1) is 11.8 Å². The highest BCUT2D eigenvalue weighted by Gasteiger charge is 2.36. The maximum absolute atomic E-state index is 13.2. The molecule has 1 aliphatic heterocycles. The maximum atomic E-state index is 13.2. The first-order valence-corrected chi connectivity index (χ1v) is 9.70. The molecule has 0 atom stereocenters. The third kappa shape index (κ3) is 4.88. The second kappa shape index (κ2) is 8.80. The number of carbonyl (C=O) groups excluding carboxylic acids is 1. The Kier molecular flexibility index (Phi) is 5.94. The van der Waals surface area contributed by atoms with Crippen LogP contribution in [0.25, 0.3) is 11.5 Å². The fraction of sp³-hybridized carbons (Fsp3) is 0.350. The first kappa shape index (κ1) is 20.9. The minimum Gasteiger partial charge on any atom is -0.461 e. The van der Waals surface area contributed by atoms with Gasteiger partial charge in [-0.3, -0.25) is 9.69 Å². The zero-order valence-corrected chi connectivity index (χ0v) is 16.4. The van der Waals surface area contributed by atoms with Crippen LogP contribution in [-0.4, -0.2) is 60.2 Å².